The van der Waals surface area contributed by atoms with E-state index in [2.05, 4.69) is 39.2 Å². The molecule has 0 amide bonds. The Morgan fingerprint density at radius 3 is 2.35 bits per heavy atom. The zero-order valence-corrected chi connectivity index (χ0v) is 21.5. The molecular formula is C26H27BrN4O2S. The van der Waals surface area contributed by atoms with E-state index in [4.69, 9.17) is 21.4 Å². The Labute approximate surface area is 215 Å². The van der Waals surface area contributed by atoms with Gasteiger partial charge in [0.1, 0.15) is 5.75 Å². The van der Waals surface area contributed by atoms with E-state index in [1.165, 1.54) is 5.56 Å². The van der Waals surface area contributed by atoms with E-state index in [1.54, 1.807) is 13.3 Å². The predicted octanol–water partition coefficient (Wildman–Crippen LogP) is 2.05. The molecule has 2 aromatic carbocycles. The minimum absolute atomic E-state index is 0. The number of aromatic nitrogens is 2. The second kappa shape index (κ2) is 12.3. The minimum Gasteiger partial charge on any atom is -1.00 e. The van der Waals surface area contributed by atoms with Crippen LogP contribution in [-0.2, 0) is 6.54 Å². The topological polar surface area (TPSA) is 63.2 Å². The maximum Gasteiger partial charge on any atom is 0.227 e. The van der Waals surface area contributed by atoms with Crippen molar-refractivity contribution in [3.63, 3.8) is 0 Å². The van der Waals surface area contributed by atoms with Crippen molar-refractivity contribution in [3.8, 4) is 28.5 Å². The molecule has 2 N–H and O–H groups in total. The Kier molecular flexibility index (Phi) is 9.18. The number of anilines is 1. The molecule has 0 aliphatic heterocycles. The van der Waals surface area contributed by atoms with Gasteiger partial charge in [-0.15, -0.1) is 0 Å². The molecule has 0 saturated carbocycles. The summed E-state index contributed by atoms with van der Waals surface area (Å²) in [7, 11) is 1.65. The molecule has 0 saturated heterocycles. The van der Waals surface area contributed by atoms with Crippen LogP contribution in [0.15, 0.2) is 83.7 Å². The molecule has 0 bridgehead atoms. The third-order valence-corrected chi connectivity index (χ3v) is 5.38. The van der Waals surface area contributed by atoms with Crippen molar-refractivity contribution in [2.45, 2.75) is 19.9 Å². The fraction of sp³-hybridized carbons (Fsp3) is 0.192. The number of rotatable bonds is 8. The molecular weight excluding hydrogens is 512 g/mol. The first kappa shape index (κ1) is 25.4. The molecule has 2 heterocycles. The third kappa shape index (κ3) is 6.65. The van der Waals surface area contributed by atoms with Crippen molar-refractivity contribution in [1.29, 1.82) is 0 Å². The van der Waals surface area contributed by atoms with Crippen LogP contribution in [0.1, 0.15) is 18.9 Å². The molecule has 0 atom stereocenters. The van der Waals surface area contributed by atoms with Gasteiger partial charge in [0.05, 0.1) is 13.3 Å². The Hall–Kier alpha value is -3.23. The van der Waals surface area contributed by atoms with Crippen LogP contribution >= 0.6 is 12.2 Å². The first-order valence-corrected chi connectivity index (χ1v) is 11.3. The van der Waals surface area contributed by atoms with Gasteiger partial charge in [0.25, 0.3) is 0 Å². The fourth-order valence-electron chi connectivity index (χ4n) is 3.32. The van der Waals surface area contributed by atoms with Crippen LogP contribution in [0.3, 0.4) is 0 Å². The van der Waals surface area contributed by atoms with Crippen LogP contribution in [0.25, 0.3) is 22.8 Å². The van der Waals surface area contributed by atoms with E-state index >= 15 is 0 Å². The number of thiocarbonyl (C=S) groups is 1. The molecule has 8 heteroatoms. The van der Waals surface area contributed by atoms with Crippen LogP contribution in [-0.4, -0.2) is 23.8 Å². The first-order chi connectivity index (χ1) is 16.1. The summed E-state index contributed by atoms with van der Waals surface area (Å²) in [5.41, 5.74) is 4.06. The van der Waals surface area contributed by atoms with Gasteiger partial charge in [-0.1, -0.05) is 19.1 Å². The van der Waals surface area contributed by atoms with Gasteiger partial charge in [0, 0.05) is 41.1 Å². The Morgan fingerprint density at radius 1 is 1.00 bits per heavy atom. The molecule has 6 nitrogen and oxygen atoms in total. The lowest BCUT2D eigenvalue weighted by Gasteiger charge is -2.09. The highest BCUT2D eigenvalue weighted by molar-refractivity contribution is 7.80. The number of benzene rings is 2. The number of hydrogen-bond acceptors (Lipinski definition) is 4. The van der Waals surface area contributed by atoms with Crippen LogP contribution in [0, 0.1) is 0 Å². The van der Waals surface area contributed by atoms with Crippen LogP contribution in [0.5, 0.6) is 5.75 Å². The second-order valence-corrected chi connectivity index (χ2v) is 8.00. The van der Waals surface area contributed by atoms with E-state index in [1.807, 2.05) is 60.9 Å². The number of halogens is 1. The molecule has 176 valence electrons. The summed E-state index contributed by atoms with van der Waals surface area (Å²) in [6.45, 7) is 3.74. The van der Waals surface area contributed by atoms with Gasteiger partial charge >= 0.3 is 0 Å². The number of nitrogens with zero attached hydrogens (tertiary/aromatic N) is 2. The molecule has 4 aromatic rings. The van der Waals surface area contributed by atoms with Crippen LogP contribution < -0.4 is 36.9 Å². The summed E-state index contributed by atoms with van der Waals surface area (Å²) >= 11 is 5.29. The highest BCUT2D eigenvalue weighted by Gasteiger charge is 2.11. The number of hydrogen-bond donors (Lipinski definition) is 2. The molecule has 0 unspecified atom stereocenters. The smallest absolute Gasteiger partial charge is 0.227 e. The first-order valence-electron chi connectivity index (χ1n) is 10.9. The standard InChI is InChI=1S/C26H26N4O2S.BrH/c1-3-14-27-26(33)29-22-8-4-19(5-9-22)18-30-15-12-21(13-16-30)25-28-17-24(32-25)20-6-10-23(31-2)11-7-20;/h4-13,15-17H,3,14,18H2,1-2H3,(H-,27,29,33);1H. The number of methoxy groups -OCH3 is 1. The number of pyridine rings is 1. The number of ether oxygens (including phenoxy) is 1. The molecule has 0 radical (unpaired) electrons. The summed E-state index contributed by atoms with van der Waals surface area (Å²) < 4.78 is 13.3. The monoisotopic (exact) mass is 538 g/mol. The van der Waals surface area contributed by atoms with Crippen LogP contribution in [0.2, 0.25) is 0 Å². The summed E-state index contributed by atoms with van der Waals surface area (Å²) in [6.07, 6.45) is 6.85. The molecule has 0 fully saturated rings. The molecule has 0 aliphatic rings. The maximum atomic E-state index is 5.97. The zero-order valence-electron chi connectivity index (χ0n) is 19.1. The second-order valence-electron chi connectivity index (χ2n) is 7.60. The summed E-state index contributed by atoms with van der Waals surface area (Å²) in [5, 5.41) is 7.02. The van der Waals surface area contributed by atoms with Crippen molar-refractivity contribution in [1.82, 2.24) is 10.3 Å². The van der Waals surface area contributed by atoms with Gasteiger partial charge in [-0.3, -0.25) is 0 Å². The number of nitrogens with one attached hydrogen (secondary N) is 2. The largest absolute Gasteiger partial charge is 1.00 e. The average Bonchev–Trinajstić information content (AvgIpc) is 3.35. The van der Waals surface area contributed by atoms with E-state index in [0.29, 0.717) is 11.0 Å². The average molecular weight is 539 g/mol. The fourth-order valence-corrected chi connectivity index (χ4v) is 3.54. The van der Waals surface area contributed by atoms with Crippen molar-refractivity contribution in [3.05, 3.63) is 84.8 Å². The van der Waals surface area contributed by atoms with Gasteiger partial charge in [-0.25, -0.2) is 9.55 Å². The van der Waals surface area contributed by atoms with Gasteiger partial charge in [0.15, 0.2) is 29.8 Å². The van der Waals surface area contributed by atoms with Crippen LogP contribution in [0.4, 0.5) is 5.69 Å². The summed E-state index contributed by atoms with van der Waals surface area (Å²) in [5.74, 6) is 2.13. The maximum absolute atomic E-state index is 5.97. The van der Waals surface area contributed by atoms with E-state index < -0.39 is 0 Å². The SMILES string of the molecule is CCCNC(=S)Nc1ccc(C[n+]2ccc(-c3ncc(-c4ccc(OC)cc4)o3)cc2)cc1.[Br-]. The Balaban J connectivity index is 0.00000324. The van der Waals surface area contributed by atoms with Crippen molar-refractivity contribution >= 4 is 23.0 Å². The third-order valence-electron chi connectivity index (χ3n) is 5.13. The van der Waals surface area contributed by atoms with Gasteiger partial charge in [-0.2, -0.15) is 0 Å². The van der Waals surface area contributed by atoms with Crippen molar-refractivity contribution < 1.29 is 30.7 Å². The molecule has 2 aromatic heterocycles. The lowest BCUT2D eigenvalue weighted by Crippen LogP contribution is -3.00. The normalized spacial score (nSPS) is 10.3. The zero-order chi connectivity index (χ0) is 23.0. The summed E-state index contributed by atoms with van der Waals surface area (Å²) in [6, 6.07) is 20.0. The van der Waals surface area contributed by atoms with E-state index in [-0.39, 0.29) is 17.0 Å². The minimum atomic E-state index is 0. The van der Waals surface area contributed by atoms with Gasteiger partial charge < -0.3 is 36.8 Å². The molecule has 0 spiro atoms. The van der Waals surface area contributed by atoms with Crippen molar-refractivity contribution in [2.75, 3.05) is 19.0 Å². The van der Waals surface area contributed by atoms with E-state index in [9.17, 15) is 0 Å². The van der Waals surface area contributed by atoms with E-state index in [0.717, 1.165) is 47.8 Å². The Morgan fingerprint density at radius 2 is 1.71 bits per heavy atom. The Bertz CT molecular complexity index is 1190. The predicted molar refractivity (Wildman–Crippen MR) is 134 cm³/mol. The number of oxazole rings is 1. The highest BCUT2D eigenvalue weighted by atomic mass is 79.9. The molecule has 0 aliphatic carbocycles. The lowest BCUT2D eigenvalue weighted by molar-refractivity contribution is -0.688. The quantitative estimate of drug-likeness (QED) is 0.264. The summed E-state index contributed by atoms with van der Waals surface area (Å²) in [4.78, 5) is 4.44. The van der Waals surface area contributed by atoms with Crippen molar-refractivity contribution in [2.24, 2.45) is 0 Å². The highest BCUT2D eigenvalue weighted by Crippen LogP contribution is 2.27. The molecule has 34 heavy (non-hydrogen) atoms. The molecule has 4 rings (SSSR count). The van der Waals surface area contributed by atoms with Gasteiger partial charge in [-0.05, 0) is 55.0 Å². The van der Waals surface area contributed by atoms with Gasteiger partial charge in [0.2, 0.25) is 5.89 Å². The lowest BCUT2D eigenvalue weighted by atomic mass is 10.2.